The van der Waals surface area contributed by atoms with Gasteiger partial charge < -0.3 is 10.2 Å². The van der Waals surface area contributed by atoms with Crippen LogP contribution in [0.1, 0.15) is 26.5 Å². The molecule has 1 atom stereocenters. The molecule has 2 aliphatic rings. The summed E-state index contributed by atoms with van der Waals surface area (Å²) in [6, 6.07) is 13.3. The van der Waals surface area contributed by atoms with Crippen molar-refractivity contribution in [1.82, 2.24) is 10.2 Å². The smallest absolute Gasteiger partial charge is 0.261 e. The summed E-state index contributed by atoms with van der Waals surface area (Å²) < 4.78 is 0. The predicted octanol–water partition coefficient (Wildman–Crippen LogP) is 3.35. The van der Waals surface area contributed by atoms with Crippen LogP contribution in [0.15, 0.2) is 36.4 Å². The Hall–Kier alpha value is -1.56. The molecule has 1 unspecified atom stereocenters. The molecule has 0 spiro atoms. The van der Waals surface area contributed by atoms with Gasteiger partial charge >= 0.3 is 0 Å². The Morgan fingerprint density at radius 2 is 2.08 bits per heavy atom. The van der Waals surface area contributed by atoms with Gasteiger partial charge in [0, 0.05) is 49.3 Å². The van der Waals surface area contributed by atoms with Crippen molar-refractivity contribution in [2.75, 3.05) is 37.6 Å². The number of carbonyl (C=O) groups is 1. The number of hydrogen-bond acceptors (Lipinski definition) is 4. The predicted molar refractivity (Wildman–Crippen MR) is 111 cm³/mol. The van der Waals surface area contributed by atoms with E-state index in [0.717, 1.165) is 37.6 Å². The highest BCUT2D eigenvalue weighted by molar-refractivity contribution is 7.13. The first kappa shape index (κ1) is 19.2. The second-order valence-electron chi connectivity index (χ2n) is 6.98. The van der Waals surface area contributed by atoms with E-state index in [-0.39, 0.29) is 18.3 Å². The van der Waals surface area contributed by atoms with Gasteiger partial charge in [0.2, 0.25) is 0 Å². The van der Waals surface area contributed by atoms with E-state index in [0.29, 0.717) is 6.04 Å². The standard InChI is InChI=1S/C20H25N3OS.ClH/c1-15-6-9-19(25-15)20(24)21-10-11-22-12-13-23-17(14-22)8-7-16-4-2-3-5-18(16)23;/h2-6,9,17H,7-8,10-14H2,1H3,(H,21,24);1H. The highest BCUT2D eigenvalue weighted by atomic mass is 35.5. The fraction of sp³-hybridized carbons (Fsp3) is 0.450. The molecule has 2 aliphatic heterocycles. The number of thiophene rings is 1. The number of hydrogen-bond donors (Lipinski definition) is 1. The maximum absolute atomic E-state index is 12.1. The number of rotatable bonds is 4. The molecule has 4 nitrogen and oxygen atoms in total. The monoisotopic (exact) mass is 391 g/mol. The number of amides is 1. The lowest BCUT2D eigenvalue weighted by Crippen LogP contribution is -2.56. The van der Waals surface area contributed by atoms with E-state index in [1.807, 2.05) is 19.1 Å². The van der Waals surface area contributed by atoms with Gasteiger partial charge in [-0.3, -0.25) is 9.69 Å². The van der Waals surface area contributed by atoms with Gasteiger partial charge in [0.05, 0.1) is 4.88 Å². The third kappa shape index (κ3) is 4.05. The summed E-state index contributed by atoms with van der Waals surface area (Å²) in [5, 5.41) is 3.06. The number of nitrogens with zero attached hydrogens (tertiary/aromatic N) is 2. The van der Waals surface area contributed by atoms with Gasteiger partial charge in [-0.2, -0.15) is 0 Å². The minimum atomic E-state index is 0. The molecule has 26 heavy (non-hydrogen) atoms. The van der Waals surface area contributed by atoms with Crippen LogP contribution in [0.2, 0.25) is 0 Å². The lowest BCUT2D eigenvalue weighted by molar-refractivity contribution is 0.0950. The molecule has 0 saturated carbocycles. The minimum Gasteiger partial charge on any atom is -0.366 e. The van der Waals surface area contributed by atoms with Crippen LogP contribution in [0.4, 0.5) is 5.69 Å². The van der Waals surface area contributed by atoms with E-state index < -0.39 is 0 Å². The number of nitrogens with one attached hydrogen (secondary N) is 1. The highest BCUT2D eigenvalue weighted by Crippen LogP contribution is 2.32. The Balaban J connectivity index is 0.00000196. The van der Waals surface area contributed by atoms with Crippen LogP contribution in [-0.4, -0.2) is 49.6 Å². The fourth-order valence-corrected chi connectivity index (χ4v) is 4.77. The van der Waals surface area contributed by atoms with Crippen LogP contribution in [0.3, 0.4) is 0 Å². The SMILES string of the molecule is Cc1ccc(C(=O)NCCN2CCN3c4ccccc4CCC3C2)s1.Cl. The van der Waals surface area contributed by atoms with E-state index in [1.165, 1.54) is 29.0 Å². The van der Waals surface area contributed by atoms with Gasteiger partial charge in [0.1, 0.15) is 0 Å². The van der Waals surface area contributed by atoms with Gasteiger partial charge in [0.25, 0.3) is 5.91 Å². The molecule has 0 radical (unpaired) electrons. The number of fused-ring (bicyclic) bond motifs is 3. The van der Waals surface area contributed by atoms with Gasteiger partial charge in [-0.25, -0.2) is 0 Å². The van der Waals surface area contributed by atoms with Gasteiger partial charge in [-0.15, -0.1) is 23.7 Å². The van der Waals surface area contributed by atoms with Crippen molar-refractivity contribution >= 4 is 35.3 Å². The summed E-state index contributed by atoms with van der Waals surface area (Å²) in [5.74, 6) is 0.0586. The fourth-order valence-electron chi connectivity index (χ4n) is 3.98. The van der Waals surface area contributed by atoms with Crippen molar-refractivity contribution in [2.45, 2.75) is 25.8 Å². The highest BCUT2D eigenvalue weighted by Gasteiger charge is 2.31. The van der Waals surface area contributed by atoms with E-state index in [9.17, 15) is 4.79 Å². The summed E-state index contributed by atoms with van der Waals surface area (Å²) in [4.78, 5) is 19.2. The van der Waals surface area contributed by atoms with Gasteiger partial charge in [-0.1, -0.05) is 18.2 Å². The first-order valence-corrected chi connectivity index (χ1v) is 9.94. The number of benzene rings is 1. The van der Waals surface area contributed by atoms with Crippen LogP contribution in [-0.2, 0) is 6.42 Å². The summed E-state index contributed by atoms with van der Waals surface area (Å²) >= 11 is 1.56. The molecule has 3 heterocycles. The Bertz CT molecular complexity index is 763. The normalized spacial score (nSPS) is 19.3. The van der Waals surface area contributed by atoms with E-state index in [2.05, 4.69) is 39.4 Å². The molecular formula is C20H26ClN3OS. The van der Waals surface area contributed by atoms with Crippen LogP contribution < -0.4 is 10.2 Å². The summed E-state index contributed by atoms with van der Waals surface area (Å²) in [6.45, 7) is 6.94. The zero-order valence-corrected chi connectivity index (χ0v) is 16.7. The van der Waals surface area contributed by atoms with Crippen molar-refractivity contribution in [3.05, 3.63) is 51.7 Å². The molecule has 0 bridgehead atoms. The number of anilines is 1. The summed E-state index contributed by atoms with van der Waals surface area (Å²) in [6.07, 6.45) is 2.41. The van der Waals surface area contributed by atoms with Crippen LogP contribution in [0.5, 0.6) is 0 Å². The van der Waals surface area contributed by atoms with Crippen molar-refractivity contribution in [3.63, 3.8) is 0 Å². The zero-order valence-electron chi connectivity index (χ0n) is 15.1. The molecule has 1 amide bonds. The quantitative estimate of drug-likeness (QED) is 0.868. The van der Waals surface area contributed by atoms with Gasteiger partial charge in [-0.05, 0) is 43.5 Å². The Kier molecular flexibility index (Phi) is 6.22. The molecule has 6 heteroatoms. The largest absolute Gasteiger partial charge is 0.366 e. The first-order chi connectivity index (χ1) is 12.2. The summed E-state index contributed by atoms with van der Waals surface area (Å²) in [7, 11) is 0. The molecule has 4 rings (SSSR count). The second-order valence-corrected chi connectivity index (χ2v) is 8.27. The number of aryl methyl sites for hydroxylation is 2. The lowest BCUT2D eigenvalue weighted by Gasteiger charge is -2.46. The molecule has 1 aromatic heterocycles. The topological polar surface area (TPSA) is 35.6 Å². The Morgan fingerprint density at radius 3 is 2.88 bits per heavy atom. The van der Waals surface area contributed by atoms with Crippen LogP contribution >= 0.6 is 23.7 Å². The average Bonchev–Trinajstić information content (AvgIpc) is 3.08. The second kappa shape index (κ2) is 8.42. The third-order valence-corrected chi connectivity index (χ3v) is 6.29. The lowest BCUT2D eigenvalue weighted by atomic mass is 9.94. The molecule has 1 N–H and O–H groups in total. The third-order valence-electron chi connectivity index (χ3n) is 5.29. The number of halogens is 1. The molecule has 2 aromatic rings. The van der Waals surface area contributed by atoms with E-state index in [1.54, 1.807) is 11.3 Å². The summed E-state index contributed by atoms with van der Waals surface area (Å²) in [5.41, 5.74) is 2.92. The Labute approximate surface area is 165 Å². The van der Waals surface area contributed by atoms with Crippen molar-refractivity contribution in [1.29, 1.82) is 0 Å². The molecular weight excluding hydrogens is 366 g/mol. The maximum atomic E-state index is 12.1. The van der Waals surface area contributed by atoms with E-state index >= 15 is 0 Å². The van der Waals surface area contributed by atoms with Gasteiger partial charge in [0.15, 0.2) is 0 Å². The maximum Gasteiger partial charge on any atom is 0.261 e. The minimum absolute atomic E-state index is 0. The van der Waals surface area contributed by atoms with Crippen LogP contribution in [0, 0.1) is 6.92 Å². The number of carbonyl (C=O) groups excluding carboxylic acids is 1. The molecule has 0 aliphatic carbocycles. The number of para-hydroxylation sites is 1. The zero-order chi connectivity index (χ0) is 17.2. The number of piperazine rings is 1. The van der Waals surface area contributed by atoms with Crippen molar-refractivity contribution < 1.29 is 4.79 Å². The first-order valence-electron chi connectivity index (χ1n) is 9.12. The Morgan fingerprint density at radius 1 is 1.23 bits per heavy atom. The molecule has 1 aromatic carbocycles. The van der Waals surface area contributed by atoms with E-state index in [4.69, 9.17) is 0 Å². The molecule has 1 fully saturated rings. The average molecular weight is 392 g/mol. The van der Waals surface area contributed by atoms with Crippen molar-refractivity contribution in [3.8, 4) is 0 Å². The molecule has 140 valence electrons. The molecule has 1 saturated heterocycles. The van der Waals surface area contributed by atoms with Crippen molar-refractivity contribution in [2.24, 2.45) is 0 Å². The van der Waals surface area contributed by atoms with Crippen LogP contribution in [0.25, 0.3) is 0 Å².